The normalized spacial score (nSPS) is 16.6. The molecule has 138 valence electrons. The number of fused-ring (bicyclic) bond motifs is 1. The Morgan fingerprint density at radius 3 is 2.22 bits per heavy atom. The molecule has 2 aliphatic carbocycles. The van der Waals surface area contributed by atoms with Gasteiger partial charge in [0.05, 0.1) is 16.8 Å². The molecule has 0 atom stereocenters. The molecule has 3 aromatic rings. The number of aromatic nitrogens is 4. The van der Waals surface area contributed by atoms with Gasteiger partial charge in [-0.15, -0.1) is 10.2 Å². The van der Waals surface area contributed by atoms with Gasteiger partial charge in [-0.2, -0.15) is 0 Å². The highest BCUT2D eigenvalue weighted by Crippen LogP contribution is 2.43. The number of nitrogens with one attached hydrogen (secondary N) is 2. The van der Waals surface area contributed by atoms with Crippen molar-refractivity contribution in [3.05, 3.63) is 35.9 Å². The summed E-state index contributed by atoms with van der Waals surface area (Å²) in [5.74, 6) is -2.67. The van der Waals surface area contributed by atoms with E-state index in [-0.39, 0.29) is 28.9 Å². The summed E-state index contributed by atoms with van der Waals surface area (Å²) >= 11 is 0. The topological polar surface area (TPSA) is 75.6 Å². The summed E-state index contributed by atoms with van der Waals surface area (Å²) in [4.78, 5) is 8.63. The van der Waals surface area contributed by atoms with Crippen LogP contribution in [0.5, 0.6) is 0 Å². The second-order valence-electron chi connectivity index (χ2n) is 6.92. The van der Waals surface area contributed by atoms with E-state index in [0.717, 1.165) is 25.7 Å². The Morgan fingerprint density at radius 2 is 1.56 bits per heavy atom. The Bertz CT molecular complexity index is 1030. The first-order valence-electron chi connectivity index (χ1n) is 8.79. The minimum atomic E-state index is -0.992. The van der Waals surface area contributed by atoms with Crippen LogP contribution in [0.1, 0.15) is 25.7 Å². The summed E-state index contributed by atoms with van der Waals surface area (Å²) < 4.78 is 42.8. The maximum Gasteiger partial charge on any atom is 0.204 e. The first-order valence-corrected chi connectivity index (χ1v) is 8.79. The third kappa shape index (κ3) is 3.02. The highest BCUT2D eigenvalue weighted by Gasteiger charge is 2.31. The van der Waals surface area contributed by atoms with Gasteiger partial charge in [-0.25, -0.2) is 23.1 Å². The molecule has 2 fully saturated rings. The molecular formula is C18H15F3N6. The third-order valence-corrected chi connectivity index (χ3v) is 4.64. The molecule has 0 amide bonds. The van der Waals surface area contributed by atoms with Gasteiger partial charge >= 0.3 is 0 Å². The number of halogens is 3. The molecule has 0 bridgehead atoms. The molecule has 6 nitrogen and oxygen atoms in total. The van der Waals surface area contributed by atoms with Gasteiger partial charge in [0, 0.05) is 24.2 Å². The fourth-order valence-electron chi connectivity index (χ4n) is 3.04. The van der Waals surface area contributed by atoms with Crippen LogP contribution in [0.2, 0.25) is 0 Å². The molecule has 0 saturated heterocycles. The average Bonchev–Trinajstić information content (AvgIpc) is 3.52. The Balaban J connectivity index is 1.82. The molecule has 2 saturated carbocycles. The Morgan fingerprint density at radius 1 is 0.889 bits per heavy atom. The molecule has 2 N–H and O–H groups in total. The maximum absolute atomic E-state index is 14.7. The zero-order chi connectivity index (χ0) is 18.5. The molecule has 27 heavy (non-hydrogen) atoms. The molecule has 1 aromatic carbocycles. The van der Waals surface area contributed by atoms with E-state index in [1.165, 1.54) is 6.33 Å². The van der Waals surface area contributed by atoms with Crippen molar-refractivity contribution in [2.75, 3.05) is 10.6 Å². The van der Waals surface area contributed by atoms with Crippen LogP contribution in [0.25, 0.3) is 22.3 Å². The molecule has 0 radical (unpaired) electrons. The van der Waals surface area contributed by atoms with Gasteiger partial charge in [0.2, 0.25) is 5.65 Å². The van der Waals surface area contributed by atoms with E-state index in [2.05, 4.69) is 30.8 Å². The van der Waals surface area contributed by atoms with E-state index in [0.29, 0.717) is 29.2 Å². The van der Waals surface area contributed by atoms with Gasteiger partial charge in [0.25, 0.3) is 0 Å². The lowest BCUT2D eigenvalue weighted by molar-refractivity contribution is 0.548. The minimum absolute atomic E-state index is 0.179. The van der Waals surface area contributed by atoms with Gasteiger partial charge in [0.1, 0.15) is 35.1 Å². The van der Waals surface area contributed by atoms with E-state index in [4.69, 9.17) is 0 Å². The first-order chi connectivity index (χ1) is 13.1. The standard InChI is InChI=1S/C18H15F3N6/c19-8-5-11(20)13(12(21)6-8)14-15(24-9-1-2-9)16-18(27-23-7-22-16)26-17(14)25-10-3-4-10/h5-7,9-10H,1-4H2,(H2,24,25,26,27). The van der Waals surface area contributed by atoms with Crippen LogP contribution in [-0.2, 0) is 0 Å². The van der Waals surface area contributed by atoms with Gasteiger partial charge in [-0.05, 0) is 25.7 Å². The predicted octanol–water partition coefficient (Wildman–Crippen LogP) is 3.65. The smallest absolute Gasteiger partial charge is 0.204 e. The van der Waals surface area contributed by atoms with Crippen molar-refractivity contribution in [3.63, 3.8) is 0 Å². The summed E-state index contributed by atoms with van der Waals surface area (Å²) in [5, 5.41) is 14.3. The van der Waals surface area contributed by atoms with Gasteiger partial charge in [-0.3, -0.25) is 0 Å². The predicted molar refractivity (Wildman–Crippen MR) is 93.7 cm³/mol. The summed E-state index contributed by atoms with van der Waals surface area (Å²) in [6.07, 6.45) is 5.04. The summed E-state index contributed by atoms with van der Waals surface area (Å²) in [5.41, 5.74) is 0.948. The summed E-state index contributed by atoms with van der Waals surface area (Å²) in [7, 11) is 0. The SMILES string of the molecule is Fc1cc(F)c(-c2c(NC3CC3)nc3nncnc3c2NC2CC2)c(F)c1. The molecule has 0 aliphatic heterocycles. The zero-order valence-electron chi connectivity index (χ0n) is 14.1. The summed E-state index contributed by atoms with van der Waals surface area (Å²) in [6.45, 7) is 0. The van der Waals surface area contributed by atoms with Crippen molar-refractivity contribution in [2.45, 2.75) is 37.8 Å². The van der Waals surface area contributed by atoms with Crippen LogP contribution < -0.4 is 10.6 Å². The van der Waals surface area contributed by atoms with Gasteiger partial charge < -0.3 is 10.6 Å². The van der Waals surface area contributed by atoms with Crippen molar-refractivity contribution < 1.29 is 13.2 Å². The molecule has 0 unspecified atom stereocenters. The molecule has 2 heterocycles. The zero-order valence-corrected chi connectivity index (χ0v) is 14.1. The van der Waals surface area contributed by atoms with Crippen molar-refractivity contribution in [1.29, 1.82) is 0 Å². The lowest BCUT2D eigenvalue weighted by Crippen LogP contribution is -2.12. The number of hydrogen-bond acceptors (Lipinski definition) is 6. The lowest BCUT2D eigenvalue weighted by atomic mass is 10.0. The van der Waals surface area contributed by atoms with Gasteiger partial charge in [-0.1, -0.05) is 0 Å². The fraction of sp³-hybridized carbons (Fsp3) is 0.333. The van der Waals surface area contributed by atoms with E-state index in [1.807, 2.05) is 0 Å². The molecule has 5 rings (SSSR count). The van der Waals surface area contributed by atoms with Crippen molar-refractivity contribution in [2.24, 2.45) is 0 Å². The van der Waals surface area contributed by atoms with Crippen LogP contribution in [-0.4, -0.2) is 32.2 Å². The van der Waals surface area contributed by atoms with E-state index >= 15 is 0 Å². The van der Waals surface area contributed by atoms with Gasteiger partial charge in [0.15, 0.2) is 0 Å². The Kier molecular flexibility index (Phi) is 3.63. The van der Waals surface area contributed by atoms with E-state index < -0.39 is 17.5 Å². The second kappa shape index (κ2) is 6.04. The van der Waals surface area contributed by atoms with E-state index in [1.54, 1.807) is 0 Å². The van der Waals surface area contributed by atoms with Crippen molar-refractivity contribution in [3.8, 4) is 11.1 Å². The van der Waals surface area contributed by atoms with Crippen molar-refractivity contribution in [1.82, 2.24) is 20.2 Å². The first kappa shape index (κ1) is 16.2. The largest absolute Gasteiger partial charge is 0.380 e. The number of nitrogens with zero attached hydrogens (tertiary/aromatic N) is 4. The second-order valence-corrected chi connectivity index (χ2v) is 6.92. The number of pyridine rings is 1. The number of hydrogen-bond donors (Lipinski definition) is 2. The van der Waals surface area contributed by atoms with Crippen LogP contribution >= 0.6 is 0 Å². The quantitative estimate of drug-likeness (QED) is 0.712. The molecule has 0 spiro atoms. The maximum atomic E-state index is 14.7. The van der Waals surface area contributed by atoms with Crippen LogP contribution in [0.4, 0.5) is 24.7 Å². The van der Waals surface area contributed by atoms with E-state index in [9.17, 15) is 13.2 Å². The highest BCUT2D eigenvalue weighted by molar-refractivity contribution is 6.01. The molecular weight excluding hydrogens is 357 g/mol. The number of rotatable bonds is 5. The lowest BCUT2D eigenvalue weighted by Gasteiger charge is -2.19. The van der Waals surface area contributed by atoms with Crippen LogP contribution in [0, 0.1) is 17.5 Å². The summed E-state index contributed by atoms with van der Waals surface area (Å²) in [6, 6.07) is 1.70. The molecule has 2 aromatic heterocycles. The third-order valence-electron chi connectivity index (χ3n) is 4.64. The average molecular weight is 372 g/mol. The number of benzene rings is 1. The highest BCUT2D eigenvalue weighted by atomic mass is 19.1. The minimum Gasteiger partial charge on any atom is -0.380 e. The van der Waals surface area contributed by atoms with Crippen molar-refractivity contribution >= 4 is 22.7 Å². The Labute approximate surface area is 152 Å². The molecule has 9 heteroatoms. The van der Waals surface area contributed by atoms with Crippen LogP contribution in [0.15, 0.2) is 18.5 Å². The number of anilines is 2. The van der Waals surface area contributed by atoms with Crippen LogP contribution in [0.3, 0.4) is 0 Å². The molecule has 2 aliphatic rings. The fourth-order valence-corrected chi connectivity index (χ4v) is 3.04. The Hall–Kier alpha value is -2.97. The monoisotopic (exact) mass is 372 g/mol.